The van der Waals surface area contributed by atoms with Crippen LogP contribution in [0, 0.1) is 0 Å². The fourth-order valence-corrected chi connectivity index (χ4v) is 4.10. The number of hydrogen-bond acceptors (Lipinski definition) is 5. The Bertz CT molecular complexity index is 671. The van der Waals surface area contributed by atoms with Crippen LogP contribution < -0.4 is 21.9 Å². The highest BCUT2D eigenvalue weighted by atomic mass is 35.5. The van der Waals surface area contributed by atoms with Crippen molar-refractivity contribution in [1.29, 1.82) is 0 Å². The molecule has 3 unspecified atom stereocenters. The lowest BCUT2D eigenvalue weighted by Crippen LogP contribution is -2.54. The van der Waals surface area contributed by atoms with E-state index >= 15 is 0 Å². The standard InChI is InChI=1S/C19H28ClN5O2/c20-15-7-2-1-6-14(15)16-11-17(24-23-16)19(27)25-10-4-3-5-13(25)12-22-18(26)8-9-21/h1-2,6-7,13,16-17,23-24H,3-5,8-12,21H2,(H,22,26). The number of likely N-dealkylation sites (tertiary alicyclic amines) is 1. The minimum absolute atomic E-state index is 0.000137. The largest absolute Gasteiger partial charge is 0.354 e. The van der Waals surface area contributed by atoms with Gasteiger partial charge < -0.3 is 16.0 Å². The zero-order chi connectivity index (χ0) is 19.2. The van der Waals surface area contributed by atoms with Crippen molar-refractivity contribution >= 4 is 23.4 Å². The molecule has 0 radical (unpaired) electrons. The second-order valence-electron chi connectivity index (χ2n) is 7.18. The molecule has 0 aliphatic carbocycles. The Hall–Kier alpha value is -1.67. The molecule has 8 heteroatoms. The van der Waals surface area contributed by atoms with E-state index in [0.29, 0.717) is 31.0 Å². The molecule has 27 heavy (non-hydrogen) atoms. The molecule has 0 aromatic heterocycles. The lowest BCUT2D eigenvalue weighted by molar-refractivity contribution is -0.137. The number of nitrogens with one attached hydrogen (secondary N) is 3. The van der Waals surface area contributed by atoms with Gasteiger partial charge in [0.05, 0.1) is 0 Å². The molecule has 5 N–H and O–H groups in total. The van der Waals surface area contributed by atoms with Gasteiger partial charge in [0, 0.05) is 43.2 Å². The van der Waals surface area contributed by atoms with Crippen molar-refractivity contribution in [3.63, 3.8) is 0 Å². The number of benzene rings is 1. The number of carbonyl (C=O) groups excluding carboxylic acids is 2. The van der Waals surface area contributed by atoms with E-state index in [0.717, 1.165) is 31.4 Å². The number of rotatable bonds is 6. The van der Waals surface area contributed by atoms with Gasteiger partial charge in [-0.2, -0.15) is 0 Å². The Morgan fingerprint density at radius 3 is 2.85 bits per heavy atom. The van der Waals surface area contributed by atoms with E-state index in [1.165, 1.54) is 0 Å². The minimum Gasteiger partial charge on any atom is -0.354 e. The molecule has 148 valence electrons. The van der Waals surface area contributed by atoms with Crippen LogP contribution in [0.15, 0.2) is 24.3 Å². The number of amides is 2. The van der Waals surface area contributed by atoms with E-state index in [4.69, 9.17) is 17.3 Å². The highest BCUT2D eigenvalue weighted by Gasteiger charge is 2.36. The Morgan fingerprint density at radius 1 is 1.26 bits per heavy atom. The number of nitrogens with two attached hydrogens (primary N) is 1. The van der Waals surface area contributed by atoms with Gasteiger partial charge in [-0.25, -0.2) is 10.9 Å². The van der Waals surface area contributed by atoms with Gasteiger partial charge in [-0.1, -0.05) is 29.8 Å². The summed E-state index contributed by atoms with van der Waals surface area (Å²) in [5.41, 5.74) is 12.7. The van der Waals surface area contributed by atoms with Crippen LogP contribution >= 0.6 is 11.6 Å². The molecule has 3 rings (SSSR count). The van der Waals surface area contributed by atoms with E-state index in [-0.39, 0.29) is 29.9 Å². The Morgan fingerprint density at radius 2 is 2.07 bits per heavy atom. The van der Waals surface area contributed by atoms with Crippen molar-refractivity contribution < 1.29 is 9.59 Å². The smallest absolute Gasteiger partial charge is 0.241 e. The third kappa shape index (κ3) is 4.99. The topological polar surface area (TPSA) is 99.5 Å². The SMILES string of the molecule is NCCC(=O)NCC1CCCCN1C(=O)C1CC(c2ccccc2Cl)NN1. The molecular weight excluding hydrogens is 366 g/mol. The molecule has 1 aromatic carbocycles. The summed E-state index contributed by atoms with van der Waals surface area (Å²) in [5.74, 6) is 0.0183. The van der Waals surface area contributed by atoms with Gasteiger partial charge in [0.2, 0.25) is 11.8 Å². The second-order valence-corrected chi connectivity index (χ2v) is 7.58. The van der Waals surface area contributed by atoms with E-state index in [1.54, 1.807) is 0 Å². The molecule has 2 aliphatic heterocycles. The lowest BCUT2D eigenvalue weighted by atomic mass is 9.98. The Kier molecular flexibility index (Phi) is 7.07. The van der Waals surface area contributed by atoms with Crippen LogP contribution in [0.3, 0.4) is 0 Å². The Labute approximate surface area is 165 Å². The first-order chi connectivity index (χ1) is 13.1. The molecule has 3 atom stereocenters. The number of nitrogens with zero attached hydrogens (tertiary/aromatic N) is 1. The van der Waals surface area contributed by atoms with Crippen molar-refractivity contribution in [3.8, 4) is 0 Å². The molecule has 0 saturated carbocycles. The van der Waals surface area contributed by atoms with Crippen molar-refractivity contribution in [3.05, 3.63) is 34.9 Å². The lowest BCUT2D eigenvalue weighted by Gasteiger charge is -2.37. The average molecular weight is 394 g/mol. The highest BCUT2D eigenvalue weighted by Crippen LogP contribution is 2.29. The molecule has 0 spiro atoms. The third-order valence-corrected chi connectivity index (χ3v) is 5.64. The first-order valence-corrected chi connectivity index (χ1v) is 10.0. The Balaban J connectivity index is 1.60. The summed E-state index contributed by atoms with van der Waals surface area (Å²) < 4.78 is 0. The van der Waals surface area contributed by atoms with E-state index in [2.05, 4.69) is 16.2 Å². The van der Waals surface area contributed by atoms with Crippen LogP contribution in [0.5, 0.6) is 0 Å². The number of hydrazine groups is 1. The maximum absolute atomic E-state index is 13.1. The minimum atomic E-state index is -0.299. The van der Waals surface area contributed by atoms with Crippen molar-refractivity contribution in [1.82, 2.24) is 21.1 Å². The van der Waals surface area contributed by atoms with Crippen LogP contribution in [0.25, 0.3) is 0 Å². The molecular formula is C19H28ClN5O2. The molecule has 2 aliphatic rings. The van der Waals surface area contributed by atoms with E-state index < -0.39 is 0 Å². The maximum atomic E-state index is 13.1. The van der Waals surface area contributed by atoms with Gasteiger partial charge in [0.15, 0.2) is 0 Å². The summed E-state index contributed by atoms with van der Waals surface area (Å²) in [7, 11) is 0. The predicted octanol–water partition coefficient (Wildman–Crippen LogP) is 1.09. The molecule has 2 amide bonds. The number of piperidine rings is 1. The number of carbonyl (C=O) groups is 2. The van der Waals surface area contributed by atoms with E-state index in [9.17, 15) is 9.59 Å². The van der Waals surface area contributed by atoms with Gasteiger partial charge in [-0.05, 0) is 37.3 Å². The van der Waals surface area contributed by atoms with E-state index in [1.807, 2.05) is 29.2 Å². The van der Waals surface area contributed by atoms with Crippen LogP contribution in [0.2, 0.25) is 5.02 Å². The average Bonchev–Trinajstić information content (AvgIpc) is 3.16. The highest BCUT2D eigenvalue weighted by molar-refractivity contribution is 6.31. The normalized spacial score (nSPS) is 25.4. The molecule has 0 bridgehead atoms. The number of halogens is 1. The van der Waals surface area contributed by atoms with Gasteiger partial charge in [0.1, 0.15) is 6.04 Å². The number of hydrogen-bond donors (Lipinski definition) is 4. The van der Waals surface area contributed by atoms with Gasteiger partial charge in [-0.15, -0.1) is 0 Å². The summed E-state index contributed by atoms with van der Waals surface area (Å²) >= 11 is 6.29. The third-order valence-electron chi connectivity index (χ3n) is 5.30. The van der Waals surface area contributed by atoms with Gasteiger partial charge in [-0.3, -0.25) is 9.59 Å². The first-order valence-electron chi connectivity index (χ1n) is 9.63. The fraction of sp³-hybridized carbons (Fsp3) is 0.579. The van der Waals surface area contributed by atoms with Gasteiger partial charge in [0.25, 0.3) is 0 Å². The summed E-state index contributed by atoms with van der Waals surface area (Å²) in [6.45, 7) is 1.55. The summed E-state index contributed by atoms with van der Waals surface area (Å²) in [4.78, 5) is 26.7. The van der Waals surface area contributed by atoms with Crippen LogP contribution in [-0.4, -0.2) is 48.4 Å². The monoisotopic (exact) mass is 393 g/mol. The van der Waals surface area contributed by atoms with Crippen molar-refractivity contribution in [2.45, 2.75) is 50.2 Å². The molecule has 2 fully saturated rings. The summed E-state index contributed by atoms with van der Waals surface area (Å²) in [6.07, 6.45) is 3.93. The van der Waals surface area contributed by atoms with Crippen molar-refractivity contribution in [2.24, 2.45) is 5.73 Å². The molecule has 7 nitrogen and oxygen atoms in total. The fourth-order valence-electron chi connectivity index (χ4n) is 3.83. The molecule has 2 saturated heterocycles. The van der Waals surface area contributed by atoms with Gasteiger partial charge >= 0.3 is 0 Å². The zero-order valence-corrected chi connectivity index (χ0v) is 16.2. The second kappa shape index (κ2) is 9.50. The predicted molar refractivity (Wildman–Crippen MR) is 105 cm³/mol. The quantitative estimate of drug-likeness (QED) is 0.580. The summed E-state index contributed by atoms with van der Waals surface area (Å²) in [6, 6.07) is 7.42. The maximum Gasteiger partial charge on any atom is 0.241 e. The zero-order valence-electron chi connectivity index (χ0n) is 15.4. The first kappa shape index (κ1) is 20.1. The van der Waals surface area contributed by atoms with Crippen LogP contribution in [0.4, 0.5) is 0 Å². The summed E-state index contributed by atoms with van der Waals surface area (Å²) in [5, 5.41) is 3.60. The van der Waals surface area contributed by atoms with Crippen molar-refractivity contribution in [2.75, 3.05) is 19.6 Å². The molecule has 1 aromatic rings. The molecule has 2 heterocycles. The van der Waals surface area contributed by atoms with Crippen LogP contribution in [0.1, 0.15) is 43.7 Å². The van der Waals surface area contributed by atoms with Crippen LogP contribution in [-0.2, 0) is 9.59 Å².